The molecule has 1 heterocycles. The number of rotatable bonds is 6. The van der Waals surface area contributed by atoms with Gasteiger partial charge in [0.25, 0.3) is 0 Å². The van der Waals surface area contributed by atoms with E-state index in [4.69, 9.17) is 0 Å². The summed E-state index contributed by atoms with van der Waals surface area (Å²) in [6.07, 6.45) is 1.83. The van der Waals surface area contributed by atoms with E-state index >= 15 is 0 Å². The Morgan fingerprint density at radius 1 is 1.37 bits per heavy atom. The zero-order chi connectivity index (χ0) is 13.8. The molecule has 1 aliphatic heterocycles. The molecule has 0 aromatic heterocycles. The zero-order valence-electron chi connectivity index (χ0n) is 12.3. The van der Waals surface area contributed by atoms with Gasteiger partial charge in [-0.1, -0.05) is 19.1 Å². The van der Waals surface area contributed by atoms with Crippen LogP contribution in [0.2, 0.25) is 0 Å². The minimum atomic E-state index is -0.202. The molecule has 2 atom stereocenters. The Morgan fingerprint density at radius 3 is 2.89 bits per heavy atom. The number of fused-ring (bicyclic) bond motifs is 1. The molecule has 2 N–H and O–H groups in total. The van der Waals surface area contributed by atoms with E-state index in [1.165, 1.54) is 16.8 Å². The normalized spacial score (nSPS) is 17.4. The van der Waals surface area contributed by atoms with Crippen molar-refractivity contribution in [2.75, 3.05) is 25.0 Å². The Morgan fingerprint density at radius 2 is 2.16 bits per heavy atom. The van der Waals surface area contributed by atoms with Crippen molar-refractivity contribution in [3.05, 3.63) is 29.3 Å². The Hall–Kier alpha value is -1.06. The lowest BCUT2D eigenvalue weighted by molar-refractivity contribution is 0.163. The number of aliphatic hydroxyl groups is 1. The topological polar surface area (TPSA) is 35.5 Å². The fourth-order valence-corrected chi connectivity index (χ4v) is 2.86. The molecule has 0 saturated heterocycles. The second-order valence-electron chi connectivity index (χ2n) is 5.96. The maximum Gasteiger partial charge on any atom is 0.0515 e. The molecule has 3 nitrogen and oxygen atoms in total. The first-order chi connectivity index (χ1) is 9.06. The summed E-state index contributed by atoms with van der Waals surface area (Å²) < 4.78 is 0. The summed E-state index contributed by atoms with van der Waals surface area (Å²) in [5, 5.41) is 12.8. The molecule has 106 valence electrons. The minimum absolute atomic E-state index is 0.202. The van der Waals surface area contributed by atoms with Crippen molar-refractivity contribution in [3.8, 4) is 0 Å². The third kappa shape index (κ3) is 3.95. The van der Waals surface area contributed by atoms with Crippen molar-refractivity contribution in [2.45, 2.75) is 39.3 Å². The van der Waals surface area contributed by atoms with Crippen LogP contribution in [-0.2, 0) is 13.0 Å². The fraction of sp³-hybridized carbons (Fsp3) is 0.625. The third-order valence-electron chi connectivity index (χ3n) is 3.84. The lowest BCUT2D eigenvalue weighted by Gasteiger charge is -2.15. The van der Waals surface area contributed by atoms with Gasteiger partial charge in [0.15, 0.2) is 0 Å². The van der Waals surface area contributed by atoms with E-state index in [0.29, 0.717) is 5.92 Å². The Kier molecular flexibility index (Phi) is 4.83. The molecule has 0 bridgehead atoms. The van der Waals surface area contributed by atoms with E-state index in [1.54, 1.807) is 0 Å². The van der Waals surface area contributed by atoms with E-state index < -0.39 is 0 Å². The third-order valence-corrected chi connectivity index (χ3v) is 3.84. The molecule has 0 radical (unpaired) electrons. The van der Waals surface area contributed by atoms with Crippen LogP contribution in [0.5, 0.6) is 0 Å². The van der Waals surface area contributed by atoms with E-state index in [2.05, 4.69) is 42.4 Å². The average molecular weight is 262 g/mol. The van der Waals surface area contributed by atoms with Gasteiger partial charge in [-0.25, -0.2) is 0 Å². The molecule has 19 heavy (non-hydrogen) atoms. The van der Waals surface area contributed by atoms with Crippen LogP contribution in [0.3, 0.4) is 0 Å². The van der Waals surface area contributed by atoms with Gasteiger partial charge < -0.3 is 15.3 Å². The molecule has 0 saturated carbocycles. The highest BCUT2D eigenvalue weighted by Gasteiger charge is 2.15. The van der Waals surface area contributed by atoms with Gasteiger partial charge in [0.1, 0.15) is 0 Å². The van der Waals surface area contributed by atoms with Crippen LogP contribution in [0.15, 0.2) is 18.2 Å². The standard InChI is InChI=1S/C16H26N2O/c1-12(8-13(2)19)10-17-11-14-4-5-16-15(9-14)6-7-18(16)3/h4-5,9,12-13,17,19H,6-8,10-11H2,1-3H3. The fourth-order valence-electron chi connectivity index (χ4n) is 2.86. The molecule has 0 spiro atoms. The molecule has 3 heteroatoms. The molecule has 2 rings (SSSR count). The highest BCUT2D eigenvalue weighted by molar-refractivity contribution is 5.58. The van der Waals surface area contributed by atoms with Crippen LogP contribution in [0.1, 0.15) is 31.4 Å². The van der Waals surface area contributed by atoms with Gasteiger partial charge in [0.2, 0.25) is 0 Å². The van der Waals surface area contributed by atoms with Crippen LogP contribution in [-0.4, -0.2) is 31.3 Å². The quantitative estimate of drug-likeness (QED) is 0.825. The molecule has 0 amide bonds. The first kappa shape index (κ1) is 14.4. The minimum Gasteiger partial charge on any atom is -0.393 e. The molecule has 1 aromatic carbocycles. The predicted molar refractivity (Wildman–Crippen MR) is 80.6 cm³/mol. The van der Waals surface area contributed by atoms with Crippen molar-refractivity contribution in [2.24, 2.45) is 5.92 Å². The van der Waals surface area contributed by atoms with Crippen molar-refractivity contribution >= 4 is 5.69 Å². The largest absolute Gasteiger partial charge is 0.393 e. The smallest absolute Gasteiger partial charge is 0.0515 e. The van der Waals surface area contributed by atoms with E-state index in [1.807, 2.05) is 6.92 Å². The van der Waals surface area contributed by atoms with Crippen LogP contribution in [0.25, 0.3) is 0 Å². The number of hydrogen-bond acceptors (Lipinski definition) is 3. The first-order valence-corrected chi connectivity index (χ1v) is 7.28. The van der Waals surface area contributed by atoms with Crippen LogP contribution in [0.4, 0.5) is 5.69 Å². The van der Waals surface area contributed by atoms with E-state index in [0.717, 1.165) is 32.5 Å². The summed E-state index contributed by atoms with van der Waals surface area (Å²) in [5.74, 6) is 0.514. The van der Waals surface area contributed by atoms with Crippen molar-refractivity contribution in [3.63, 3.8) is 0 Å². The molecule has 1 aromatic rings. The second kappa shape index (κ2) is 6.40. The Balaban J connectivity index is 1.81. The van der Waals surface area contributed by atoms with Gasteiger partial charge in [-0.05, 0) is 49.4 Å². The molecular formula is C16H26N2O. The van der Waals surface area contributed by atoms with Gasteiger partial charge in [-0.15, -0.1) is 0 Å². The first-order valence-electron chi connectivity index (χ1n) is 7.28. The lowest BCUT2D eigenvalue weighted by Crippen LogP contribution is -2.23. The van der Waals surface area contributed by atoms with Gasteiger partial charge in [0, 0.05) is 25.8 Å². The van der Waals surface area contributed by atoms with Crippen molar-refractivity contribution < 1.29 is 5.11 Å². The Bertz CT molecular complexity index is 417. The number of benzene rings is 1. The highest BCUT2D eigenvalue weighted by Crippen LogP contribution is 2.27. The highest BCUT2D eigenvalue weighted by atomic mass is 16.3. The number of nitrogens with one attached hydrogen (secondary N) is 1. The summed E-state index contributed by atoms with van der Waals surface area (Å²) in [6, 6.07) is 6.77. The predicted octanol–water partition coefficient (Wildman–Crippen LogP) is 2.18. The monoisotopic (exact) mass is 262 g/mol. The summed E-state index contributed by atoms with van der Waals surface area (Å²) in [6.45, 7) is 7.05. The maximum atomic E-state index is 9.34. The number of aliphatic hydroxyl groups excluding tert-OH is 1. The number of nitrogens with zero attached hydrogens (tertiary/aromatic N) is 1. The summed E-state index contributed by atoms with van der Waals surface area (Å²) in [5.41, 5.74) is 4.21. The van der Waals surface area contributed by atoms with E-state index in [9.17, 15) is 5.11 Å². The Labute approximate surface area is 116 Å². The molecular weight excluding hydrogens is 236 g/mol. The van der Waals surface area contributed by atoms with Crippen molar-refractivity contribution in [1.29, 1.82) is 0 Å². The van der Waals surface area contributed by atoms with Crippen molar-refractivity contribution in [1.82, 2.24) is 5.32 Å². The average Bonchev–Trinajstić information content (AvgIpc) is 2.70. The number of likely N-dealkylation sites (N-methyl/N-ethyl adjacent to an activating group) is 1. The van der Waals surface area contributed by atoms with Gasteiger partial charge in [-0.3, -0.25) is 0 Å². The van der Waals surface area contributed by atoms with E-state index in [-0.39, 0.29) is 6.10 Å². The van der Waals surface area contributed by atoms with Gasteiger partial charge in [0.05, 0.1) is 6.10 Å². The SMILES string of the molecule is CC(O)CC(C)CNCc1ccc2c(c1)CCN2C. The summed E-state index contributed by atoms with van der Waals surface area (Å²) >= 11 is 0. The number of anilines is 1. The molecule has 0 aliphatic carbocycles. The maximum absolute atomic E-state index is 9.34. The summed E-state index contributed by atoms with van der Waals surface area (Å²) in [4.78, 5) is 2.32. The molecule has 0 fully saturated rings. The van der Waals surface area contributed by atoms with Gasteiger partial charge >= 0.3 is 0 Å². The number of hydrogen-bond donors (Lipinski definition) is 2. The van der Waals surface area contributed by atoms with Gasteiger partial charge in [-0.2, -0.15) is 0 Å². The second-order valence-corrected chi connectivity index (χ2v) is 5.96. The van der Waals surface area contributed by atoms with Crippen LogP contribution in [0, 0.1) is 5.92 Å². The van der Waals surface area contributed by atoms with Crippen LogP contribution < -0.4 is 10.2 Å². The summed E-state index contributed by atoms with van der Waals surface area (Å²) in [7, 11) is 2.15. The molecule has 1 aliphatic rings. The van der Waals surface area contributed by atoms with Crippen LogP contribution >= 0.6 is 0 Å². The zero-order valence-corrected chi connectivity index (χ0v) is 12.3. The lowest BCUT2D eigenvalue weighted by atomic mass is 10.0. The molecule has 2 unspecified atom stereocenters.